The van der Waals surface area contributed by atoms with Gasteiger partial charge in [0.05, 0.1) is 0 Å². The summed E-state index contributed by atoms with van der Waals surface area (Å²) in [4.78, 5) is 14.3. The van der Waals surface area contributed by atoms with Gasteiger partial charge >= 0.3 is 18.3 Å². The summed E-state index contributed by atoms with van der Waals surface area (Å²) in [6.07, 6.45) is -1.94. The number of alkyl halides is 3. The molecule has 7 nitrogen and oxygen atoms in total. The van der Waals surface area contributed by atoms with Gasteiger partial charge in [0.2, 0.25) is 5.88 Å². The standard InChI is InChI=1S/C13H8F4N6O/c1-7-5-19-12(20-6-7)24-10-4-8(13(15,16)17)22-23(10)9-2-3-18-11(14)21-9/h2-6H,1H3. The van der Waals surface area contributed by atoms with E-state index in [9.17, 15) is 17.6 Å². The molecule has 0 bridgehead atoms. The Morgan fingerprint density at radius 1 is 1.12 bits per heavy atom. The van der Waals surface area contributed by atoms with Crippen molar-refractivity contribution < 1.29 is 22.3 Å². The maximum Gasteiger partial charge on any atom is 0.435 e. The predicted molar refractivity (Wildman–Crippen MR) is 71.0 cm³/mol. The normalized spacial score (nSPS) is 11.5. The van der Waals surface area contributed by atoms with Crippen LogP contribution in [0.5, 0.6) is 11.9 Å². The van der Waals surface area contributed by atoms with E-state index in [1.54, 1.807) is 6.92 Å². The van der Waals surface area contributed by atoms with Gasteiger partial charge in [0.15, 0.2) is 11.5 Å². The molecule has 0 atom stereocenters. The molecule has 11 heteroatoms. The van der Waals surface area contributed by atoms with Crippen LogP contribution in [0, 0.1) is 13.0 Å². The Hall–Kier alpha value is -3.11. The molecule has 0 aliphatic rings. The van der Waals surface area contributed by atoms with E-state index in [1.165, 1.54) is 18.5 Å². The summed E-state index contributed by atoms with van der Waals surface area (Å²) in [5, 5.41) is 3.36. The fraction of sp³-hybridized carbons (Fsp3) is 0.154. The quantitative estimate of drug-likeness (QED) is 0.539. The molecule has 0 spiro atoms. The highest BCUT2D eigenvalue weighted by molar-refractivity contribution is 5.31. The summed E-state index contributed by atoms with van der Waals surface area (Å²) in [5.74, 6) is -0.607. The number of aromatic nitrogens is 6. The van der Waals surface area contributed by atoms with Crippen molar-refractivity contribution in [1.82, 2.24) is 29.7 Å². The fourth-order valence-corrected chi connectivity index (χ4v) is 1.71. The molecule has 24 heavy (non-hydrogen) atoms. The summed E-state index contributed by atoms with van der Waals surface area (Å²) in [7, 11) is 0. The fourth-order valence-electron chi connectivity index (χ4n) is 1.71. The van der Waals surface area contributed by atoms with E-state index in [2.05, 4.69) is 25.0 Å². The highest BCUT2D eigenvalue weighted by atomic mass is 19.4. The highest BCUT2D eigenvalue weighted by Crippen LogP contribution is 2.32. The van der Waals surface area contributed by atoms with Crippen molar-refractivity contribution in [2.75, 3.05) is 0 Å². The summed E-state index contributed by atoms with van der Waals surface area (Å²) in [6, 6.07) is 1.63. The SMILES string of the molecule is Cc1cnc(Oc2cc(C(F)(F)F)nn2-c2ccnc(F)n2)nc1. The van der Waals surface area contributed by atoms with Crippen molar-refractivity contribution in [2.24, 2.45) is 0 Å². The molecule has 0 saturated carbocycles. The third-order valence-corrected chi connectivity index (χ3v) is 2.75. The van der Waals surface area contributed by atoms with Gasteiger partial charge in [-0.3, -0.25) is 0 Å². The van der Waals surface area contributed by atoms with Crippen molar-refractivity contribution in [3.05, 3.63) is 48.1 Å². The molecule has 0 radical (unpaired) electrons. The van der Waals surface area contributed by atoms with Crippen LogP contribution in [0.15, 0.2) is 30.7 Å². The van der Waals surface area contributed by atoms with Gasteiger partial charge in [0.25, 0.3) is 0 Å². The minimum absolute atomic E-state index is 0.190. The van der Waals surface area contributed by atoms with Crippen molar-refractivity contribution in [3.8, 4) is 17.7 Å². The van der Waals surface area contributed by atoms with E-state index >= 15 is 0 Å². The number of ether oxygens (including phenoxy) is 1. The zero-order valence-corrected chi connectivity index (χ0v) is 12.0. The molecule has 0 aromatic carbocycles. The van der Waals surface area contributed by atoms with Gasteiger partial charge < -0.3 is 4.74 Å². The molecule has 124 valence electrons. The zero-order valence-electron chi connectivity index (χ0n) is 12.0. The van der Waals surface area contributed by atoms with Gasteiger partial charge in [0, 0.05) is 30.7 Å². The van der Waals surface area contributed by atoms with E-state index in [1.807, 2.05) is 0 Å². The summed E-state index contributed by atoms with van der Waals surface area (Å²) in [5.41, 5.74) is -0.492. The smallest absolute Gasteiger partial charge is 0.405 e. The molecule has 3 rings (SSSR count). The largest absolute Gasteiger partial charge is 0.435 e. The Kier molecular flexibility index (Phi) is 3.83. The minimum atomic E-state index is -4.72. The first-order valence-electron chi connectivity index (χ1n) is 6.45. The maximum atomic E-state index is 13.1. The Balaban J connectivity index is 2.06. The Bertz CT molecular complexity index is 862. The maximum absolute atomic E-state index is 13.1. The summed E-state index contributed by atoms with van der Waals surface area (Å²) >= 11 is 0. The van der Waals surface area contributed by atoms with Crippen molar-refractivity contribution in [3.63, 3.8) is 0 Å². The van der Waals surface area contributed by atoms with Crippen LogP contribution >= 0.6 is 0 Å². The minimum Gasteiger partial charge on any atom is -0.405 e. The first-order chi connectivity index (χ1) is 11.3. The van der Waals surface area contributed by atoms with Gasteiger partial charge in [0.1, 0.15) is 0 Å². The van der Waals surface area contributed by atoms with Crippen LogP contribution in [0.2, 0.25) is 0 Å². The lowest BCUT2D eigenvalue weighted by Gasteiger charge is -2.06. The second kappa shape index (κ2) is 5.83. The average molecular weight is 340 g/mol. The molecule has 0 aliphatic heterocycles. The van der Waals surface area contributed by atoms with Crippen molar-refractivity contribution in [2.45, 2.75) is 13.1 Å². The number of hydrogen-bond donors (Lipinski definition) is 0. The third-order valence-electron chi connectivity index (χ3n) is 2.75. The lowest BCUT2D eigenvalue weighted by Crippen LogP contribution is -2.09. The number of halogens is 4. The summed E-state index contributed by atoms with van der Waals surface area (Å²) < 4.78 is 57.8. The zero-order chi connectivity index (χ0) is 17.3. The van der Waals surface area contributed by atoms with Crippen LogP contribution in [-0.4, -0.2) is 29.7 Å². The Labute approximate surface area is 132 Å². The van der Waals surface area contributed by atoms with Crippen molar-refractivity contribution in [1.29, 1.82) is 0 Å². The number of nitrogens with zero attached hydrogens (tertiary/aromatic N) is 6. The van der Waals surface area contributed by atoms with E-state index in [0.717, 1.165) is 11.8 Å². The second-order valence-corrected chi connectivity index (χ2v) is 4.61. The molecule has 3 aromatic rings. The summed E-state index contributed by atoms with van der Waals surface area (Å²) in [6.45, 7) is 1.74. The van der Waals surface area contributed by atoms with Gasteiger partial charge in [-0.15, -0.1) is 0 Å². The average Bonchev–Trinajstić information content (AvgIpc) is 2.94. The van der Waals surface area contributed by atoms with Gasteiger partial charge in [-0.25, -0.2) is 15.0 Å². The van der Waals surface area contributed by atoms with Crippen LogP contribution in [0.25, 0.3) is 5.82 Å². The number of hydrogen-bond acceptors (Lipinski definition) is 6. The molecule has 0 amide bonds. The second-order valence-electron chi connectivity index (χ2n) is 4.61. The monoisotopic (exact) mass is 340 g/mol. The molecule has 0 aliphatic carbocycles. The van der Waals surface area contributed by atoms with Gasteiger partial charge in [-0.2, -0.15) is 32.3 Å². The lowest BCUT2D eigenvalue weighted by atomic mass is 10.4. The van der Waals surface area contributed by atoms with E-state index in [4.69, 9.17) is 4.74 Å². The molecule has 0 unspecified atom stereocenters. The Morgan fingerprint density at radius 3 is 2.46 bits per heavy atom. The van der Waals surface area contributed by atoms with Crippen LogP contribution < -0.4 is 4.74 Å². The van der Waals surface area contributed by atoms with E-state index in [-0.39, 0.29) is 17.7 Å². The van der Waals surface area contributed by atoms with Crippen LogP contribution in [0.1, 0.15) is 11.3 Å². The third kappa shape index (κ3) is 3.29. The van der Waals surface area contributed by atoms with E-state index in [0.29, 0.717) is 10.7 Å². The lowest BCUT2D eigenvalue weighted by molar-refractivity contribution is -0.141. The molecule has 3 heterocycles. The highest BCUT2D eigenvalue weighted by Gasteiger charge is 2.36. The molecule has 0 N–H and O–H groups in total. The predicted octanol–water partition coefficient (Wildman–Crippen LogP) is 2.71. The topological polar surface area (TPSA) is 78.6 Å². The van der Waals surface area contributed by atoms with Crippen LogP contribution in [0.3, 0.4) is 0 Å². The van der Waals surface area contributed by atoms with E-state index < -0.39 is 17.9 Å². The first-order valence-corrected chi connectivity index (χ1v) is 6.45. The number of rotatable bonds is 3. The van der Waals surface area contributed by atoms with Crippen LogP contribution in [-0.2, 0) is 6.18 Å². The van der Waals surface area contributed by atoms with Crippen LogP contribution in [0.4, 0.5) is 17.6 Å². The Morgan fingerprint density at radius 2 is 1.83 bits per heavy atom. The first kappa shape index (κ1) is 15.8. The number of aryl methyl sites for hydroxylation is 1. The molecule has 0 saturated heterocycles. The molecular weight excluding hydrogens is 332 g/mol. The van der Waals surface area contributed by atoms with Crippen molar-refractivity contribution >= 4 is 0 Å². The molecular formula is C13H8F4N6O. The van der Waals surface area contributed by atoms with Gasteiger partial charge in [-0.05, 0) is 12.5 Å². The van der Waals surface area contributed by atoms with Gasteiger partial charge in [-0.1, -0.05) is 0 Å². The molecule has 0 fully saturated rings. The molecule has 3 aromatic heterocycles.